The van der Waals surface area contributed by atoms with Gasteiger partial charge >= 0.3 is 0 Å². The smallest absolute Gasteiger partial charge is 0.225 e. The lowest BCUT2D eigenvalue weighted by Crippen LogP contribution is -2.45. The number of piperazine rings is 1. The summed E-state index contributed by atoms with van der Waals surface area (Å²) in [5, 5.41) is 3.52. The summed E-state index contributed by atoms with van der Waals surface area (Å²) in [5.41, 5.74) is 2.49. The lowest BCUT2D eigenvalue weighted by atomic mass is 10.0. The molecule has 2 saturated heterocycles. The van der Waals surface area contributed by atoms with Gasteiger partial charge in [0.25, 0.3) is 0 Å². The van der Waals surface area contributed by atoms with Crippen LogP contribution in [0.4, 0.5) is 5.95 Å². The molecule has 2 aromatic rings. The van der Waals surface area contributed by atoms with E-state index >= 15 is 0 Å². The molecule has 0 spiro atoms. The number of nitrogens with zero attached hydrogens (tertiary/aromatic N) is 4. The second-order valence-electron chi connectivity index (χ2n) is 6.64. The van der Waals surface area contributed by atoms with Crippen molar-refractivity contribution in [3.05, 3.63) is 53.9 Å². The van der Waals surface area contributed by atoms with Gasteiger partial charge < -0.3 is 10.2 Å². The number of aromatic nitrogens is 2. The lowest BCUT2D eigenvalue weighted by Gasteiger charge is -2.36. The molecule has 2 fully saturated rings. The third kappa shape index (κ3) is 3.42. The van der Waals surface area contributed by atoms with Crippen molar-refractivity contribution in [2.75, 3.05) is 37.6 Å². The molecule has 1 N–H and O–H groups in total. The highest BCUT2D eigenvalue weighted by molar-refractivity contribution is 5.31. The molecular weight excluding hydrogens is 298 g/mol. The average Bonchev–Trinajstić information content (AvgIpc) is 3.18. The highest BCUT2D eigenvalue weighted by atomic mass is 15.3. The minimum Gasteiger partial charge on any atom is -0.341 e. The third-order valence-corrected chi connectivity index (χ3v) is 4.99. The molecule has 0 amide bonds. The molecule has 126 valence electrons. The van der Waals surface area contributed by atoms with Crippen LogP contribution in [-0.2, 0) is 6.54 Å². The fourth-order valence-corrected chi connectivity index (χ4v) is 3.69. The van der Waals surface area contributed by atoms with Crippen molar-refractivity contribution in [1.82, 2.24) is 20.2 Å². The summed E-state index contributed by atoms with van der Waals surface area (Å²) >= 11 is 0. The van der Waals surface area contributed by atoms with E-state index in [0.717, 1.165) is 50.9 Å². The molecular formula is C19H25N5. The van der Waals surface area contributed by atoms with Crippen LogP contribution in [0.5, 0.6) is 0 Å². The molecule has 2 aliphatic rings. The quantitative estimate of drug-likeness (QED) is 0.935. The zero-order valence-electron chi connectivity index (χ0n) is 14.1. The molecule has 4 rings (SSSR count). The minimum atomic E-state index is 0.408. The van der Waals surface area contributed by atoms with Gasteiger partial charge in [-0.1, -0.05) is 30.3 Å². The molecule has 1 aromatic heterocycles. The van der Waals surface area contributed by atoms with E-state index in [-0.39, 0.29) is 0 Å². The van der Waals surface area contributed by atoms with Gasteiger partial charge in [-0.15, -0.1) is 0 Å². The molecule has 2 aliphatic heterocycles. The first-order valence-corrected chi connectivity index (χ1v) is 8.97. The summed E-state index contributed by atoms with van der Waals surface area (Å²) in [4.78, 5) is 14.1. The number of rotatable bonds is 4. The zero-order chi connectivity index (χ0) is 16.2. The predicted octanol–water partition coefficient (Wildman–Crippen LogP) is 2.22. The molecule has 0 bridgehead atoms. The van der Waals surface area contributed by atoms with Crippen LogP contribution >= 0.6 is 0 Å². The Hall–Kier alpha value is -1.98. The summed E-state index contributed by atoms with van der Waals surface area (Å²) < 4.78 is 0. The van der Waals surface area contributed by atoms with Crippen molar-refractivity contribution in [3.63, 3.8) is 0 Å². The van der Waals surface area contributed by atoms with E-state index in [0.29, 0.717) is 6.04 Å². The van der Waals surface area contributed by atoms with Crippen LogP contribution in [-0.4, -0.2) is 47.6 Å². The van der Waals surface area contributed by atoms with E-state index < -0.39 is 0 Å². The highest BCUT2D eigenvalue weighted by Crippen LogP contribution is 2.24. The van der Waals surface area contributed by atoms with E-state index in [1.807, 2.05) is 6.20 Å². The Morgan fingerprint density at radius 3 is 2.71 bits per heavy atom. The van der Waals surface area contributed by atoms with Crippen molar-refractivity contribution in [1.29, 1.82) is 0 Å². The van der Waals surface area contributed by atoms with Gasteiger partial charge in [0.05, 0.1) is 5.69 Å². The topological polar surface area (TPSA) is 44.3 Å². The Morgan fingerprint density at radius 1 is 1.04 bits per heavy atom. The molecule has 3 heterocycles. The van der Waals surface area contributed by atoms with Gasteiger partial charge in [0.1, 0.15) is 0 Å². The average molecular weight is 323 g/mol. The van der Waals surface area contributed by atoms with Crippen LogP contribution in [0.25, 0.3) is 0 Å². The predicted molar refractivity (Wildman–Crippen MR) is 95.9 cm³/mol. The van der Waals surface area contributed by atoms with Gasteiger partial charge in [0.2, 0.25) is 5.95 Å². The van der Waals surface area contributed by atoms with Crippen LogP contribution in [0.2, 0.25) is 0 Å². The molecule has 24 heavy (non-hydrogen) atoms. The Morgan fingerprint density at radius 2 is 1.88 bits per heavy atom. The van der Waals surface area contributed by atoms with Crippen LogP contribution in [0.3, 0.4) is 0 Å². The van der Waals surface area contributed by atoms with E-state index in [4.69, 9.17) is 4.98 Å². The summed E-state index contributed by atoms with van der Waals surface area (Å²) in [6.45, 7) is 6.13. The summed E-state index contributed by atoms with van der Waals surface area (Å²) in [6, 6.07) is 13.2. The lowest BCUT2D eigenvalue weighted by molar-refractivity contribution is 0.152. The first-order chi connectivity index (χ1) is 11.9. The van der Waals surface area contributed by atoms with Crippen molar-refractivity contribution in [2.24, 2.45) is 0 Å². The molecule has 0 unspecified atom stereocenters. The normalized spacial score (nSPS) is 22.0. The number of benzene rings is 1. The summed E-state index contributed by atoms with van der Waals surface area (Å²) in [5.74, 6) is 0.899. The van der Waals surface area contributed by atoms with E-state index in [9.17, 15) is 0 Å². The second-order valence-corrected chi connectivity index (χ2v) is 6.64. The van der Waals surface area contributed by atoms with Gasteiger partial charge in [-0.25, -0.2) is 9.97 Å². The van der Waals surface area contributed by atoms with E-state index in [2.05, 4.69) is 56.5 Å². The van der Waals surface area contributed by atoms with Crippen molar-refractivity contribution < 1.29 is 0 Å². The third-order valence-electron chi connectivity index (χ3n) is 4.99. The molecule has 1 aromatic carbocycles. The molecule has 0 aliphatic carbocycles. The fraction of sp³-hybridized carbons (Fsp3) is 0.474. The van der Waals surface area contributed by atoms with Crippen LogP contribution in [0.15, 0.2) is 42.6 Å². The Balaban J connectivity index is 1.51. The minimum absolute atomic E-state index is 0.408. The Bertz CT molecular complexity index is 654. The number of anilines is 1. The largest absolute Gasteiger partial charge is 0.341 e. The number of hydrogen-bond donors (Lipinski definition) is 1. The van der Waals surface area contributed by atoms with E-state index in [1.165, 1.54) is 18.4 Å². The highest BCUT2D eigenvalue weighted by Gasteiger charge is 2.24. The van der Waals surface area contributed by atoms with Gasteiger partial charge in [0.15, 0.2) is 0 Å². The zero-order valence-corrected chi connectivity index (χ0v) is 14.1. The summed E-state index contributed by atoms with van der Waals surface area (Å²) in [6.07, 6.45) is 4.42. The first-order valence-electron chi connectivity index (χ1n) is 8.97. The molecule has 0 saturated carbocycles. The van der Waals surface area contributed by atoms with Gasteiger partial charge in [-0.05, 0) is 24.5 Å². The first kappa shape index (κ1) is 15.5. The maximum Gasteiger partial charge on any atom is 0.225 e. The van der Waals surface area contributed by atoms with E-state index in [1.54, 1.807) is 0 Å². The molecule has 1 atom stereocenters. The van der Waals surface area contributed by atoms with Crippen molar-refractivity contribution in [2.45, 2.75) is 25.4 Å². The standard InChI is InChI=1S/C19H25N5/c1-2-6-16(7-3-1)18-14-20-10-13-24(18)15-17-8-9-21-19(22-17)23-11-4-5-12-23/h1-3,6-9,18,20H,4-5,10-15H2/t18-/m1/s1. The molecule has 5 heteroatoms. The second kappa shape index (κ2) is 7.28. The van der Waals surface area contributed by atoms with Gasteiger partial charge in [-0.2, -0.15) is 0 Å². The van der Waals surface area contributed by atoms with Crippen LogP contribution < -0.4 is 10.2 Å². The van der Waals surface area contributed by atoms with Crippen LogP contribution in [0, 0.1) is 0 Å². The molecule has 0 radical (unpaired) electrons. The van der Waals surface area contributed by atoms with Gasteiger partial charge in [0, 0.05) is 51.5 Å². The SMILES string of the molecule is c1ccc([C@H]2CNCCN2Cc2ccnc(N3CCCC3)n2)cc1. The van der Waals surface area contributed by atoms with Crippen LogP contribution in [0.1, 0.15) is 30.1 Å². The maximum atomic E-state index is 4.83. The number of nitrogens with one attached hydrogen (secondary N) is 1. The maximum absolute atomic E-state index is 4.83. The van der Waals surface area contributed by atoms with Crippen molar-refractivity contribution >= 4 is 5.95 Å². The summed E-state index contributed by atoms with van der Waals surface area (Å²) in [7, 11) is 0. The fourth-order valence-electron chi connectivity index (χ4n) is 3.69. The monoisotopic (exact) mass is 323 g/mol. The Labute approximate surface area is 143 Å². The van der Waals surface area contributed by atoms with Crippen molar-refractivity contribution in [3.8, 4) is 0 Å². The Kier molecular flexibility index (Phi) is 4.71. The number of hydrogen-bond acceptors (Lipinski definition) is 5. The van der Waals surface area contributed by atoms with Gasteiger partial charge in [-0.3, -0.25) is 4.90 Å². The molecule has 5 nitrogen and oxygen atoms in total.